The fraction of sp³-hybridized carbons (Fsp3) is 0.294. The highest BCUT2D eigenvalue weighted by atomic mass is 14.6. The summed E-state index contributed by atoms with van der Waals surface area (Å²) in [6.07, 6.45) is 0. The van der Waals surface area contributed by atoms with Gasteiger partial charge >= 0.3 is 0 Å². The largest absolute Gasteiger partial charge is 0.0622 e. The third-order valence-electron chi connectivity index (χ3n) is 4.14. The predicted octanol–water partition coefficient (Wildman–Crippen LogP) is 4.59. The van der Waals surface area contributed by atoms with E-state index in [0.29, 0.717) is 17.3 Å². The van der Waals surface area contributed by atoms with Gasteiger partial charge in [-0.25, -0.2) is 0 Å². The first kappa shape index (κ1) is 10.6. The van der Waals surface area contributed by atoms with Crippen LogP contribution in [0.1, 0.15) is 36.8 Å². The molecule has 1 aliphatic carbocycles. The van der Waals surface area contributed by atoms with E-state index in [1.165, 1.54) is 11.1 Å². The van der Waals surface area contributed by atoms with Crippen LogP contribution in [-0.2, 0) is 0 Å². The van der Waals surface area contributed by atoms with Gasteiger partial charge in [0.15, 0.2) is 0 Å². The summed E-state index contributed by atoms with van der Waals surface area (Å²) in [4.78, 5) is 0. The Hall–Kier alpha value is -1.56. The Morgan fingerprint density at radius 2 is 1.00 bits per heavy atom. The topological polar surface area (TPSA) is 0 Å². The van der Waals surface area contributed by atoms with Crippen molar-refractivity contribution >= 4 is 0 Å². The van der Waals surface area contributed by atoms with Crippen molar-refractivity contribution in [3.05, 3.63) is 71.8 Å². The minimum atomic E-state index is 0.392. The SMILES string of the molecule is CC1(C)C(c2ccccc2)[C@H]1c1ccccc1. The molecule has 2 atom stereocenters. The fourth-order valence-electron chi connectivity index (χ4n) is 3.20. The van der Waals surface area contributed by atoms with Crippen molar-refractivity contribution < 1.29 is 0 Å². The van der Waals surface area contributed by atoms with Crippen molar-refractivity contribution in [2.24, 2.45) is 5.41 Å². The van der Waals surface area contributed by atoms with Crippen LogP contribution in [0.25, 0.3) is 0 Å². The molecule has 1 saturated carbocycles. The van der Waals surface area contributed by atoms with Crippen molar-refractivity contribution in [3.8, 4) is 0 Å². The molecule has 86 valence electrons. The maximum Gasteiger partial charge on any atom is -0.00304 e. The average Bonchev–Trinajstić information content (AvgIpc) is 2.94. The van der Waals surface area contributed by atoms with Gasteiger partial charge in [-0.15, -0.1) is 0 Å². The Balaban J connectivity index is 1.95. The molecule has 2 aromatic carbocycles. The molecular weight excluding hydrogens is 204 g/mol. The highest BCUT2D eigenvalue weighted by Crippen LogP contribution is 2.69. The molecule has 0 heterocycles. The maximum atomic E-state index is 2.38. The van der Waals surface area contributed by atoms with E-state index in [-0.39, 0.29) is 0 Å². The van der Waals surface area contributed by atoms with Crippen LogP contribution in [0.4, 0.5) is 0 Å². The summed E-state index contributed by atoms with van der Waals surface area (Å²) in [5.41, 5.74) is 3.35. The summed E-state index contributed by atoms with van der Waals surface area (Å²) in [6.45, 7) is 4.75. The molecule has 3 rings (SSSR count). The van der Waals surface area contributed by atoms with Gasteiger partial charge in [0, 0.05) is 0 Å². The summed E-state index contributed by atoms with van der Waals surface area (Å²) < 4.78 is 0. The van der Waals surface area contributed by atoms with E-state index in [9.17, 15) is 0 Å². The third kappa shape index (κ3) is 1.68. The molecule has 0 aliphatic heterocycles. The number of benzene rings is 2. The van der Waals surface area contributed by atoms with Crippen LogP contribution in [0.15, 0.2) is 60.7 Å². The summed E-state index contributed by atoms with van der Waals surface area (Å²) in [6, 6.07) is 21.8. The molecule has 0 bridgehead atoms. The molecule has 0 radical (unpaired) electrons. The molecule has 0 spiro atoms. The molecule has 0 saturated heterocycles. The van der Waals surface area contributed by atoms with Crippen molar-refractivity contribution in [1.29, 1.82) is 0 Å². The summed E-state index contributed by atoms with van der Waals surface area (Å²) in [7, 11) is 0. The Bertz CT molecular complexity index is 449. The predicted molar refractivity (Wildman–Crippen MR) is 72.1 cm³/mol. The van der Waals surface area contributed by atoms with Gasteiger partial charge in [-0.1, -0.05) is 74.5 Å². The molecule has 1 aliphatic rings. The fourth-order valence-corrected chi connectivity index (χ4v) is 3.20. The first-order valence-corrected chi connectivity index (χ1v) is 6.31. The van der Waals surface area contributed by atoms with Crippen molar-refractivity contribution in [2.45, 2.75) is 25.7 Å². The van der Waals surface area contributed by atoms with Gasteiger partial charge < -0.3 is 0 Å². The Labute approximate surface area is 103 Å². The van der Waals surface area contributed by atoms with E-state index in [4.69, 9.17) is 0 Å². The van der Waals surface area contributed by atoms with E-state index < -0.39 is 0 Å². The standard InChI is InChI=1S/C17H18/c1-17(2)15(13-9-5-3-6-10-13)16(17)14-11-7-4-8-12-14/h3-12,15-16H,1-2H3/t15-,16?/m1/s1. The van der Waals surface area contributed by atoms with E-state index in [1.807, 2.05) is 0 Å². The van der Waals surface area contributed by atoms with E-state index in [1.54, 1.807) is 0 Å². The zero-order valence-corrected chi connectivity index (χ0v) is 10.4. The van der Waals surface area contributed by atoms with Crippen LogP contribution in [0.2, 0.25) is 0 Å². The highest BCUT2D eigenvalue weighted by Gasteiger charge is 2.58. The van der Waals surface area contributed by atoms with Gasteiger partial charge in [0.1, 0.15) is 0 Å². The Morgan fingerprint density at radius 1 is 0.647 bits per heavy atom. The zero-order valence-electron chi connectivity index (χ0n) is 10.4. The van der Waals surface area contributed by atoms with E-state index in [0.717, 1.165) is 0 Å². The van der Waals surface area contributed by atoms with Crippen LogP contribution < -0.4 is 0 Å². The lowest BCUT2D eigenvalue weighted by Gasteiger charge is -2.01. The van der Waals surface area contributed by atoms with Crippen molar-refractivity contribution in [3.63, 3.8) is 0 Å². The number of hydrogen-bond donors (Lipinski definition) is 0. The molecule has 0 heteroatoms. The molecule has 0 nitrogen and oxygen atoms in total. The lowest BCUT2D eigenvalue weighted by molar-refractivity contribution is 0.601. The average molecular weight is 222 g/mol. The molecule has 0 aromatic heterocycles. The second-order valence-corrected chi connectivity index (χ2v) is 5.60. The van der Waals surface area contributed by atoms with Gasteiger partial charge in [0.25, 0.3) is 0 Å². The normalized spacial score (nSPS) is 25.5. The zero-order chi connectivity index (χ0) is 11.9. The smallest absolute Gasteiger partial charge is 0.00304 e. The molecule has 2 aromatic rings. The van der Waals surface area contributed by atoms with Crippen molar-refractivity contribution in [2.75, 3.05) is 0 Å². The Kier molecular flexibility index (Phi) is 2.32. The van der Waals surface area contributed by atoms with Crippen LogP contribution in [0.5, 0.6) is 0 Å². The monoisotopic (exact) mass is 222 g/mol. The lowest BCUT2D eigenvalue weighted by atomic mass is 10.0. The second kappa shape index (κ2) is 3.73. The van der Waals surface area contributed by atoms with Crippen LogP contribution in [-0.4, -0.2) is 0 Å². The first-order chi connectivity index (χ1) is 8.21. The summed E-state index contributed by atoms with van der Waals surface area (Å²) in [5.74, 6) is 1.34. The van der Waals surface area contributed by atoms with Crippen LogP contribution >= 0.6 is 0 Å². The molecule has 1 unspecified atom stereocenters. The minimum absolute atomic E-state index is 0.392. The second-order valence-electron chi connectivity index (χ2n) is 5.60. The third-order valence-corrected chi connectivity index (χ3v) is 4.14. The van der Waals surface area contributed by atoms with Crippen LogP contribution in [0, 0.1) is 5.41 Å². The van der Waals surface area contributed by atoms with Gasteiger partial charge in [-0.3, -0.25) is 0 Å². The lowest BCUT2D eigenvalue weighted by Crippen LogP contribution is -1.90. The minimum Gasteiger partial charge on any atom is -0.0622 e. The van der Waals surface area contributed by atoms with Gasteiger partial charge in [0.2, 0.25) is 0 Å². The van der Waals surface area contributed by atoms with E-state index >= 15 is 0 Å². The molecule has 1 fully saturated rings. The highest BCUT2D eigenvalue weighted by molar-refractivity contribution is 5.42. The van der Waals surface area contributed by atoms with Gasteiger partial charge in [-0.2, -0.15) is 0 Å². The molecule has 17 heavy (non-hydrogen) atoms. The van der Waals surface area contributed by atoms with Gasteiger partial charge in [0.05, 0.1) is 0 Å². The summed E-state index contributed by atoms with van der Waals surface area (Å²) in [5, 5.41) is 0. The van der Waals surface area contributed by atoms with E-state index in [2.05, 4.69) is 74.5 Å². The Morgan fingerprint density at radius 3 is 1.35 bits per heavy atom. The molecule has 0 amide bonds. The number of hydrogen-bond acceptors (Lipinski definition) is 0. The summed E-state index contributed by atoms with van der Waals surface area (Å²) >= 11 is 0. The molecule has 0 N–H and O–H groups in total. The maximum absolute atomic E-state index is 2.38. The quantitative estimate of drug-likeness (QED) is 0.697. The van der Waals surface area contributed by atoms with Crippen molar-refractivity contribution in [1.82, 2.24) is 0 Å². The first-order valence-electron chi connectivity index (χ1n) is 6.31. The van der Waals surface area contributed by atoms with Gasteiger partial charge in [-0.05, 0) is 28.4 Å². The molecular formula is C17H18. The van der Waals surface area contributed by atoms with Crippen LogP contribution in [0.3, 0.4) is 0 Å². The number of rotatable bonds is 2.